The Morgan fingerprint density at radius 1 is 1.13 bits per heavy atom. The van der Waals surface area contributed by atoms with E-state index in [0.29, 0.717) is 0 Å². The summed E-state index contributed by atoms with van der Waals surface area (Å²) in [5, 5.41) is 22.2. The number of carbonyl (C=O) groups is 3. The summed E-state index contributed by atoms with van der Waals surface area (Å²) in [4.78, 5) is 36.5. The second-order valence-electron chi connectivity index (χ2n) is 7.89. The fraction of sp³-hybridized carbons (Fsp3) is 0.800. The van der Waals surface area contributed by atoms with Crippen LogP contribution in [0.4, 0.5) is 0 Å². The lowest BCUT2D eigenvalue weighted by Gasteiger charge is -2.49. The van der Waals surface area contributed by atoms with E-state index in [1.807, 2.05) is 0 Å². The quantitative estimate of drug-likeness (QED) is 0.558. The molecule has 23 heavy (non-hydrogen) atoms. The number of ether oxygens (including phenoxy) is 3. The van der Waals surface area contributed by atoms with Crippen molar-refractivity contribution in [3.63, 3.8) is 0 Å². The first-order valence-corrected chi connectivity index (χ1v) is 7.54. The van der Waals surface area contributed by atoms with Crippen LogP contribution in [0.5, 0.6) is 0 Å². The van der Waals surface area contributed by atoms with Gasteiger partial charge in [-0.25, -0.2) is 4.79 Å². The number of hydrogen-bond acceptors (Lipinski definition) is 8. The van der Waals surface area contributed by atoms with Gasteiger partial charge in [0.25, 0.3) is 6.29 Å². The van der Waals surface area contributed by atoms with Gasteiger partial charge in [-0.1, -0.05) is 20.8 Å². The van der Waals surface area contributed by atoms with Gasteiger partial charge >= 0.3 is 17.9 Å². The molecule has 1 saturated carbocycles. The van der Waals surface area contributed by atoms with Crippen molar-refractivity contribution < 1.29 is 38.8 Å². The fourth-order valence-electron chi connectivity index (χ4n) is 5.15. The maximum absolute atomic E-state index is 12.6. The molecule has 4 fully saturated rings. The predicted octanol–water partition coefficient (Wildman–Crippen LogP) is -0.744. The summed E-state index contributed by atoms with van der Waals surface area (Å²) >= 11 is 0. The monoisotopic (exact) mass is 326 g/mol. The van der Waals surface area contributed by atoms with E-state index in [2.05, 4.69) is 0 Å². The third kappa shape index (κ3) is 1.20. The zero-order chi connectivity index (χ0) is 17.0. The Balaban J connectivity index is 2.05. The van der Waals surface area contributed by atoms with Crippen LogP contribution in [0.15, 0.2) is 0 Å². The van der Waals surface area contributed by atoms with Gasteiger partial charge in [0.2, 0.25) is 0 Å². The average Bonchev–Trinajstić information content (AvgIpc) is 3.00. The van der Waals surface area contributed by atoms with Crippen LogP contribution in [0.2, 0.25) is 0 Å². The average molecular weight is 326 g/mol. The van der Waals surface area contributed by atoms with Crippen molar-refractivity contribution in [2.45, 2.75) is 57.7 Å². The van der Waals surface area contributed by atoms with E-state index in [0.717, 1.165) is 0 Å². The van der Waals surface area contributed by atoms with Crippen LogP contribution in [0.1, 0.15) is 33.6 Å². The molecule has 0 unspecified atom stereocenters. The van der Waals surface area contributed by atoms with Crippen LogP contribution >= 0.6 is 0 Å². The molecular formula is C15H18O8. The molecule has 0 bridgehead atoms. The summed E-state index contributed by atoms with van der Waals surface area (Å²) in [7, 11) is 0. The molecule has 0 amide bonds. The highest BCUT2D eigenvalue weighted by molar-refractivity contribution is 5.94. The lowest BCUT2D eigenvalue weighted by Crippen LogP contribution is -2.65. The summed E-state index contributed by atoms with van der Waals surface area (Å²) in [6, 6.07) is 0. The summed E-state index contributed by atoms with van der Waals surface area (Å²) in [6.07, 6.45) is -4.58. The SMILES string of the molecule is CC(C)(C)[C@]1(O)C[C@@H]2OC(=O)C[C@@]23C(=O)O[C@@H]2OC(=O)[C@H](O)[C@@]213. The van der Waals surface area contributed by atoms with Gasteiger partial charge in [0.05, 0.1) is 12.0 Å². The molecular weight excluding hydrogens is 308 g/mol. The Bertz CT molecular complexity index is 650. The largest absolute Gasteiger partial charge is 0.461 e. The first kappa shape index (κ1) is 14.9. The van der Waals surface area contributed by atoms with E-state index < -0.39 is 58.3 Å². The van der Waals surface area contributed by atoms with E-state index in [9.17, 15) is 24.6 Å². The number of aliphatic hydroxyl groups excluding tert-OH is 1. The highest BCUT2D eigenvalue weighted by Crippen LogP contribution is 2.75. The van der Waals surface area contributed by atoms with Crippen LogP contribution in [0.3, 0.4) is 0 Å². The van der Waals surface area contributed by atoms with Crippen LogP contribution in [-0.4, -0.2) is 52.2 Å². The molecule has 4 aliphatic rings. The second kappa shape index (κ2) is 3.70. The van der Waals surface area contributed by atoms with Crippen molar-refractivity contribution in [1.29, 1.82) is 0 Å². The Kier molecular flexibility index (Phi) is 2.39. The third-order valence-corrected chi connectivity index (χ3v) is 6.22. The van der Waals surface area contributed by atoms with E-state index >= 15 is 0 Å². The predicted molar refractivity (Wildman–Crippen MR) is 70.4 cm³/mol. The second-order valence-corrected chi connectivity index (χ2v) is 7.89. The molecule has 126 valence electrons. The zero-order valence-corrected chi connectivity index (χ0v) is 13.0. The molecule has 6 atom stereocenters. The topological polar surface area (TPSA) is 119 Å². The third-order valence-electron chi connectivity index (χ3n) is 6.22. The van der Waals surface area contributed by atoms with Gasteiger partial charge in [0.15, 0.2) is 6.10 Å². The van der Waals surface area contributed by atoms with Crippen molar-refractivity contribution in [2.24, 2.45) is 16.2 Å². The molecule has 3 heterocycles. The highest BCUT2D eigenvalue weighted by atomic mass is 16.7. The first-order valence-electron chi connectivity index (χ1n) is 7.54. The maximum atomic E-state index is 12.6. The molecule has 8 nitrogen and oxygen atoms in total. The minimum Gasteiger partial charge on any atom is -0.461 e. The molecule has 0 radical (unpaired) electrons. The van der Waals surface area contributed by atoms with Crippen LogP contribution in [0.25, 0.3) is 0 Å². The molecule has 8 heteroatoms. The highest BCUT2D eigenvalue weighted by Gasteiger charge is 2.92. The normalized spacial score (nSPS) is 51.0. The number of aliphatic hydroxyl groups is 2. The lowest BCUT2D eigenvalue weighted by molar-refractivity contribution is -0.224. The first-order chi connectivity index (χ1) is 10.5. The number of esters is 3. The van der Waals surface area contributed by atoms with Gasteiger partial charge in [-0.2, -0.15) is 0 Å². The lowest BCUT2D eigenvalue weighted by atomic mass is 9.52. The minimum atomic E-state index is -1.78. The molecule has 0 aromatic carbocycles. The number of hydrogen-bond donors (Lipinski definition) is 2. The van der Waals surface area contributed by atoms with Gasteiger partial charge < -0.3 is 24.4 Å². The summed E-state index contributed by atoms with van der Waals surface area (Å²) < 4.78 is 15.5. The molecule has 3 aliphatic heterocycles. The van der Waals surface area contributed by atoms with Crippen molar-refractivity contribution in [2.75, 3.05) is 0 Å². The van der Waals surface area contributed by atoms with E-state index in [1.54, 1.807) is 20.8 Å². The van der Waals surface area contributed by atoms with E-state index in [-0.39, 0.29) is 12.8 Å². The van der Waals surface area contributed by atoms with Crippen molar-refractivity contribution in [1.82, 2.24) is 0 Å². The number of carbonyl (C=O) groups excluding carboxylic acids is 3. The fourth-order valence-corrected chi connectivity index (χ4v) is 5.15. The standard InChI is InChI=1S/C15H18O8/c1-12(2,3)14(20)4-6-13(5-7(16)21-6)10(19)23-11-15(13,14)8(17)9(18)22-11/h6,8,11,17,20H,4-5H2,1-3H3/t6-,8-,11-,13-,14+,15-/m0/s1. The maximum Gasteiger partial charge on any atom is 0.339 e. The summed E-state index contributed by atoms with van der Waals surface area (Å²) in [6.45, 7) is 5.19. The molecule has 3 saturated heterocycles. The van der Waals surface area contributed by atoms with Gasteiger partial charge in [0.1, 0.15) is 16.9 Å². The molecule has 0 aromatic heterocycles. The van der Waals surface area contributed by atoms with E-state index in [1.165, 1.54) is 0 Å². The van der Waals surface area contributed by atoms with Crippen molar-refractivity contribution in [3.05, 3.63) is 0 Å². The minimum absolute atomic E-state index is 0.0679. The summed E-state index contributed by atoms with van der Waals surface area (Å²) in [5.41, 5.74) is -5.91. The van der Waals surface area contributed by atoms with Gasteiger partial charge in [0, 0.05) is 6.42 Å². The molecule has 2 N–H and O–H groups in total. The van der Waals surface area contributed by atoms with Gasteiger partial charge in [-0.05, 0) is 5.41 Å². The van der Waals surface area contributed by atoms with Gasteiger partial charge in [-0.15, -0.1) is 0 Å². The zero-order valence-electron chi connectivity index (χ0n) is 13.0. The Labute approximate surface area is 131 Å². The van der Waals surface area contributed by atoms with Crippen LogP contribution in [0, 0.1) is 16.2 Å². The smallest absolute Gasteiger partial charge is 0.339 e. The molecule has 0 aromatic rings. The van der Waals surface area contributed by atoms with Crippen LogP contribution in [-0.2, 0) is 28.6 Å². The van der Waals surface area contributed by atoms with Gasteiger partial charge in [-0.3, -0.25) is 9.59 Å². The van der Waals surface area contributed by atoms with Crippen LogP contribution < -0.4 is 0 Å². The molecule has 2 spiro atoms. The van der Waals surface area contributed by atoms with Crippen molar-refractivity contribution >= 4 is 17.9 Å². The Morgan fingerprint density at radius 2 is 1.78 bits per heavy atom. The Morgan fingerprint density at radius 3 is 2.39 bits per heavy atom. The molecule has 4 rings (SSSR count). The van der Waals surface area contributed by atoms with E-state index in [4.69, 9.17) is 14.2 Å². The molecule has 1 aliphatic carbocycles. The number of rotatable bonds is 0. The Hall–Kier alpha value is -1.67. The van der Waals surface area contributed by atoms with Crippen molar-refractivity contribution in [3.8, 4) is 0 Å². The summed E-state index contributed by atoms with van der Waals surface area (Å²) in [5.74, 6) is -2.36.